The minimum absolute atomic E-state index is 0.103. The van der Waals surface area contributed by atoms with Gasteiger partial charge in [-0.3, -0.25) is 9.59 Å². The van der Waals surface area contributed by atoms with Gasteiger partial charge in [0.1, 0.15) is 17.1 Å². The van der Waals surface area contributed by atoms with E-state index in [4.69, 9.17) is 10.00 Å². The molecule has 0 spiro atoms. The zero-order chi connectivity index (χ0) is 19.9. The summed E-state index contributed by atoms with van der Waals surface area (Å²) in [7, 11) is 1.56. The Morgan fingerprint density at radius 2 is 1.36 bits per heavy atom. The molecule has 0 fully saturated rings. The van der Waals surface area contributed by atoms with E-state index in [9.17, 15) is 9.59 Å². The van der Waals surface area contributed by atoms with Crippen LogP contribution in [-0.2, 0) is 0 Å². The first-order valence-corrected chi connectivity index (χ1v) is 8.33. The van der Waals surface area contributed by atoms with Crippen molar-refractivity contribution < 1.29 is 14.3 Å². The quantitative estimate of drug-likeness (QED) is 0.714. The van der Waals surface area contributed by atoms with Gasteiger partial charge >= 0.3 is 0 Å². The fourth-order valence-corrected chi connectivity index (χ4v) is 2.38. The molecule has 0 radical (unpaired) electrons. The lowest BCUT2D eigenvalue weighted by molar-refractivity contribution is 0.101. The number of nitriles is 1. The summed E-state index contributed by atoms with van der Waals surface area (Å²) in [6.07, 6.45) is 0. The second kappa shape index (κ2) is 8.47. The van der Waals surface area contributed by atoms with Gasteiger partial charge in [0.05, 0.1) is 18.7 Å². The lowest BCUT2D eigenvalue weighted by Gasteiger charge is -2.08. The Hall–Kier alpha value is -4.18. The Morgan fingerprint density at radius 3 is 1.82 bits per heavy atom. The summed E-state index contributed by atoms with van der Waals surface area (Å²) < 4.78 is 5.08. The number of hydrogen-bond acceptors (Lipinski definition) is 5. The van der Waals surface area contributed by atoms with Crippen LogP contribution >= 0.6 is 0 Å². The monoisotopic (exact) mass is 372 g/mol. The average molecular weight is 372 g/mol. The first kappa shape index (κ1) is 18.6. The molecule has 1 aromatic heterocycles. The molecule has 1 heterocycles. The molecule has 0 atom stereocenters. The van der Waals surface area contributed by atoms with Crippen LogP contribution in [0.4, 0.5) is 11.4 Å². The van der Waals surface area contributed by atoms with E-state index in [2.05, 4.69) is 15.6 Å². The highest BCUT2D eigenvalue weighted by atomic mass is 16.5. The predicted molar refractivity (Wildman–Crippen MR) is 104 cm³/mol. The van der Waals surface area contributed by atoms with E-state index in [-0.39, 0.29) is 11.4 Å². The highest BCUT2D eigenvalue weighted by molar-refractivity contribution is 6.06. The number of methoxy groups -OCH3 is 1. The van der Waals surface area contributed by atoms with Crippen LogP contribution in [-0.4, -0.2) is 23.9 Å². The zero-order valence-electron chi connectivity index (χ0n) is 15.0. The van der Waals surface area contributed by atoms with Gasteiger partial charge in [-0.2, -0.15) is 5.26 Å². The second-order valence-electron chi connectivity index (χ2n) is 5.73. The second-order valence-corrected chi connectivity index (χ2v) is 5.73. The SMILES string of the molecule is COc1ccc(NC(=O)c2cccc(C(=O)Nc3ccc(C#N)cc3)n2)cc1. The summed E-state index contributed by atoms with van der Waals surface area (Å²) in [5.41, 5.74) is 1.82. The van der Waals surface area contributed by atoms with Gasteiger partial charge in [-0.25, -0.2) is 4.98 Å². The lowest BCUT2D eigenvalue weighted by Crippen LogP contribution is -2.18. The predicted octanol–water partition coefficient (Wildman–Crippen LogP) is 3.47. The summed E-state index contributed by atoms with van der Waals surface area (Å²) in [6, 6.07) is 19.9. The van der Waals surface area contributed by atoms with Gasteiger partial charge < -0.3 is 15.4 Å². The number of nitrogens with one attached hydrogen (secondary N) is 2. The van der Waals surface area contributed by atoms with Crippen molar-refractivity contribution in [3.8, 4) is 11.8 Å². The molecule has 0 bridgehead atoms. The van der Waals surface area contributed by atoms with Crippen molar-refractivity contribution in [2.75, 3.05) is 17.7 Å². The van der Waals surface area contributed by atoms with Crippen LogP contribution in [0.2, 0.25) is 0 Å². The maximum absolute atomic E-state index is 12.4. The summed E-state index contributed by atoms with van der Waals surface area (Å²) in [6.45, 7) is 0. The van der Waals surface area contributed by atoms with E-state index in [1.807, 2.05) is 6.07 Å². The van der Waals surface area contributed by atoms with E-state index >= 15 is 0 Å². The third kappa shape index (κ3) is 4.51. The molecule has 2 amide bonds. The Bertz CT molecular complexity index is 1040. The maximum Gasteiger partial charge on any atom is 0.274 e. The molecule has 2 aromatic carbocycles. The van der Waals surface area contributed by atoms with E-state index < -0.39 is 11.8 Å². The first-order valence-electron chi connectivity index (χ1n) is 8.33. The van der Waals surface area contributed by atoms with Crippen LogP contribution in [0.1, 0.15) is 26.5 Å². The molecule has 7 nitrogen and oxygen atoms in total. The van der Waals surface area contributed by atoms with Gasteiger partial charge in [-0.05, 0) is 60.7 Å². The van der Waals surface area contributed by atoms with E-state index in [1.54, 1.807) is 61.7 Å². The van der Waals surface area contributed by atoms with Crippen LogP contribution < -0.4 is 15.4 Å². The topological polar surface area (TPSA) is 104 Å². The lowest BCUT2D eigenvalue weighted by atomic mass is 10.2. The molecule has 3 aromatic rings. The smallest absolute Gasteiger partial charge is 0.274 e. The third-order valence-corrected chi connectivity index (χ3v) is 3.83. The van der Waals surface area contributed by atoms with Crippen LogP contribution in [0.3, 0.4) is 0 Å². The number of nitrogens with zero attached hydrogens (tertiary/aromatic N) is 2. The summed E-state index contributed by atoms with van der Waals surface area (Å²) in [4.78, 5) is 28.9. The number of rotatable bonds is 5. The molecule has 0 aliphatic rings. The van der Waals surface area contributed by atoms with Crippen molar-refractivity contribution in [3.05, 3.63) is 83.7 Å². The number of ether oxygens (including phenoxy) is 1. The van der Waals surface area contributed by atoms with E-state index in [0.717, 1.165) is 0 Å². The number of benzene rings is 2. The van der Waals surface area contributed by atoms with Gasteiger partial charge in [0.25, 0.3) is 11.8 Å². The molecule has 2 N–H and O–H groups in total. The van der Waals surface area contributed by atoms with Crippen LogP contribution in [0.5, 0.6) is 5.75 Å². The molecule has 0 saturated carbocycles. The molecule has 28 heavy (non-hydrogen) atoms. The fraction of sp³-hybridized carbons (Fsp3) is 0.0476. The van der Waals surface area contributed by atoms with Crippen LogP contribution in [0.15, 0.2) is 66.7 Å². The van der Waals surface area contributed by atoms with Crippen LogP contribution in [0.25, 0.3) is 0 Å². The van der Waals surface area contributed by atoms with Crippen molar-refractivity contribution in [2.45, 2.75) is 0 Å². The van der Waals surface area contributed by atoms with Gasteiger partial charge in [-0.1, -0.05) is 6.07 Å². The number of carbonyl (C=O) groups is 2. The number of amides is 2. The van der Waals surface area contributed by atoms with E-state index in [0.29, 0.717) is 22.7 Å². The minimum atomic E-state index is -0.455. The van der Waals surface area contributed by atoms with Crippen molar-refractivity contribution in [2.24, 2.45) is 0 Å². The molecule has 0 saturated heterocycles. The molecule has 3 rings (SSSR count). The number of hydrogen-bond donors (Lipinski definition) is 2. The summed E-state index contributed by atoms with van der Waals surface area (Å²) >= 11 is 0. The molecule has 0 aliphatic carbocycles. The molecular weight excluding hydrogens is 356 g/mol. The van der Waals surface area contributed by atoms with E-state index in [1.165, 1.54) is 12.1 Å². The third-order valence-electron chi connectivity index (χ3n) is 3.83. The summed E-state index contributed by atoms with van der Waals surface area (Å²) in [5.74, 6) is -0.209. The molecular formula is C21H16N4O3. The molecule has 0 aliphatic heterocycles. The van der Waals surface area contributed by atoms with Crippen molar-refractivity contribution in [1.29, 1.82) is 5.26 Å². The van der Waals surface area contributed by atoms with Gasteiger partial charge in [0.2, 0.25) is 0 Å². The van der Waals surface area contributed by atoms with Crippen molar-refractivity contribution >= 4 is 23.2 Å². The Kier molecular flexibility index (Phi) is 5.63. The van der Waals surface area contributed by atoms with Crippen molar-refractivity contribution in [1.82, 2.24) is 4.98 Å². The molecule has 138 valence electrons. The van der Waals surface area contributed by atoms with Gasteiger partial charge in [-0.15, -0.1) is 0 Å². The van der Waals surface area contributed by atoms with Gasteiger partial charge in [0, 0.05) is 11.4 Å². The first-order chi connectivity index (χ1) is 13.6. The zero-order valence-corrected chi connectivity index (χ0v) is 15.0. The van der Waals surface area contributed by atoms with Crippen molar-refractivity contribution in [3.63, 3.8) is 0 Å². The Labute approximate surface area is 161 Å². The standard InChI is InChI=1S/C21H16N4O3/c1-28-17-11-9-16(10-12-17)24-21(27)19-4-2-3-18(25-19)20(26)23-15-7-5-14(13-22)6-8-15/h2-12H,1H3,(H,23,26)(H,24,27). The maximum atomic E-state index is 12.4. The minimum Gasteiger partial charge on any atom is -0.497 e. The highest BCUT2D eigenvalue weighted by Crippen LogP contribution is 2.16. The Balaban J connectivity index is 1.70. The number of carbonyl (C=O) groups excluding carboxylic acids is 2. The summed E-state index contributed by atoms with van der Waals surface area (Å²) in [5, 5.41) is 14.2. The molecule has 0 unspecified atom stereocenters. The number of aromatic nitrogens is 1. The highest BCUT2D eigenvalue weighted by Gasteiger charge is 2.13. The number of anilines is 2. The fourth-order valence-electron chi connectivity index (χ4n) is 2.38. The average Bonchev–Trinajstić information content (AvgIpc) is 2.75. The van der Waals surface area contributed by atoms with Gasteiger partial charge in [0.15, 0.2) is 0 Å². The van der Waals surface area contributed by atoms with Crippen LogP contribution in [0, 0.1) is 11.3 Å². The normalized spacial score (nSPS) is 9.86. The molecule has 7 heteroatoms. The Morgan fingerprint density at radius 1 is 0.857 bits per heavy atom. The largest absolute Gasteiger partial charge is 0.497 e. The number of pyridine rings is 1.